The van der Waals surface area contributed by atoms with E-state index in [0.717, 1.165) is 24.9 Å². The number of rotatable bonds is 3. The number of hydrogen-bond donors (Lipinski definition) is 2. The van der Waals surface area contributed by atoms with E-state index in [2.05, 4.69) is 10.6 Å². The summed E-state index contributed by atoms with van der Waals surface area (Å²) < 4.78 is 12.9. The van der Waals surface area contributed by atoms with Crippen LogP contribution in [-0.4, -0.2) is 18.5 Å². The number of amides is 1. The van der Waals surface area contributed by atoms with E-state index < -0.39 is 0 Å². The van der Waals surface area contributed by atoms with E-state index >= 15 is 0 Å². The third-order valence-electron chi connectivity index (χ3n) is 3.06. The minimum Gasteiger partial charge on any atom is -0.326 e. The van der Waals surface area contributed by atoms with Crippen LogP contribution in [0.1, 0.15) is 24.8 Å². The Balaban J connectivity index is 0.00000162. The zero-order valence-electron chi connectivity index (χ0n) is 10.3. The topological polar surface area (TPSA) is 41.1 Å². The van der Waals surface area contributed by atoms with Gasteiger partial charge in [-0.2, -0.15) is 0 Å². The molecule has 2 N–H and O–H groups in total. The third-order valence-corrected chi connectivity index (χ3v) is 3.06. The second-order valence-electron chi connectivity index (χ2n) is 4.50. The quantitative estimate of drug-likeness (QED) is 0.888. The van der Waals surface area contributed by atoms with Gasteiger partial charge in [-0.1, -0.05) is 0 Å². The first-order chi connectivity index (χ1) is 8.15. The van der Waals surface area contributed by atoms with Crippen molar-refractivity contribution in [1.29, 1.82) is 0 Å². The highest BCUT2D eigenvalue weighted by Crippen LogP contribution is 2.17. The number of hydrogen-bond acceptors (Lipinski definition) is 2. The van der Waals surface area contributed by atoms with E-state index in [1.807, 2.05) is 0 Å². The van der Waals surface area contributed by atoms with Gasteiger partial charge in [0.25, 0.3) is 0 Å². The second-order valence-corrected chi connectivity index (χ2v) is 4.50. The Hall–Kier alpha value is -1.13. The molecule has 1 aliphatic rings. The van der Waals surface area contributed by atoms with E-state index in [1.165, 1.54) is 12.1 Å². The van der Waals surface area contributed by atoms with E-state index in [-0.39, 0.29) is 30.2 Å². The Kier molecular flexibility index (Phi) is 5.56. The lowest BCUT2D eigenvalue weighted by Crippen LogP contribution is -2.27. The predicted octanol–water partition coefficient (Wildman–Crippen LogP) is 2.64. The van der Waals surface area contributed by atoms with Crippen LogP contribution in [0.4, 0.5) is 10.1 Å². The Morgan fingerprint density at radius 1 is 1.56 bits per heavy atom. The van der Waals surface area contributed by atoms with Crippen LogP contribution in [0.2, 0.25) is 0 Å². The van der Waals surface area contributed by atoms with Gasteiger partial charge in [-0.05, 0) is 50.1 Å². The molecule has 0 spiro atoms. The molecule has 1 fully saturated rings. The molecular formula is C13H18ClFN2O. The molecule has 0 saturated carbocycles. The van der Waals surface area contributed by atoms with Crippen LogP contribution >= 0.6 is 12.4 Å². The van der Waals surface area contributed by atoms with E-state index in [9.17, 15) is 9.18 Å². The fraction of sp³-hybridized carbons (Fsp3) is 0.462. The van der Waals surface area contributed by atoms with Crippen LogP contribution in [0.15, 0.2) is 18.2 Å². The maximum absolute atomic E-state index is 12.9. The van der Waals surface area contributed by atoms with Crippen molar-refractivity contribution >= 4 is 24.0 Å². The van der Waals surface area contributed by atoms with Gasteiger partial charge >= 0.3 is 0 Å². The van der Waals surface area contributed by atoms with Crippen molar-refractivity contribution < 1.29 is 9.18 Å². The minimum absolute atomic E-state index is 0. The smallest absolute Gasteiger partial charge is 0.225 e. The molecule has 1 aliphatic heterocycles. The number of carbonyl (C=O) groups is 1. The summed E-state index contributed by atoms with van der Waals surface area (Å²) in [5.74, 6) is -0.294. The zero-order valence-corrected chi connectivity index (χ0v) is 11.1. The van der Waals surface area contributed by atoms with Gasteiger partial charge in [0.2, 0.25) is 5.91 Å². The van der Waals surface area contributed by atoms with Gasteiger partial charge in [0, 0.05) is 18.2 Å². The van der Waals surface area contributed by atoms with Gasteiger partial charge in [-0.25, -0.2) is 4.39 Å². The van der Waals surface area contributed by atoms with Crippen molar-refractivity contribution in [3.05, 3.63) is 29.6 Å². The Labute approximate surface area is 113 Å². The Bertz CT molecular complexity index is 419. The van der Waals surface area contributed by atoms with Gasteiger partial charge in [-0.3, -0.25) is 4.79 Å². The molecule has 18 heavy (non-hydrogen) atoms. The van der Waals surface area contributed by atoms with Crippen molar-refractivity contribution in [3.63, 3.8) is 0 Å². The molecule has 1 heterocycles. The SMILES string of the molecule is Cc1cc(F)ccc1NC(=O)CC1CCCN1.Cl. The molecule has 0 radical (unpaired) electrons. The molecule has 0 aromatic heterocycles. The molecule has 2 rings (SSSR count). The lowest BCUT2D eigenvalue weighted by molar-refractivity contribution is -0.116. The maximum Gasteiger partial charge on any atom is 0.225 e. The highest BCUT2D eigenvalue weighted by atomic mass is 35.5. The molecule has 1 amide bonds. The van der Waals surface area contributed by atoms with E-state index in [1.54, 1.807) is 13.0 Å². The van der Waals surface area contributed by atoms with Crippen LogP contribution in [0.25, 0.3) is 0 Å². The van der Waals surface area contributed by atoms with Crippen LogP contribution in [0.5, 0.6) is 0 Å². The summed E-state index contributed by atoms with van der Waals surface area (Å²) in [7, 11) is 0. The maximum atomic E-state index is 12.9. The van der Waals surface area contributed by atoms with Gasteiger partial charge < -0.3 is 10.6 Å². The molecule has 1 atom stereocenters. The molecule has 100 valence electrons. The first kappa shape index (κ1) is 14.9. The molecule has 1 unspecified atom stereocenters. The number of anilines is 1. The normalized spacial score (nSPS) is 18.2. The van der Waals surface area contributed by atoms with Crippen LogP contribution < -0.4 is 10.6 Å². The standard InChI is InChI=1S/C13H17FN2O.ClH/c1-9-7-10(14)4-5-12(9)16-13(17)8-11-3-2-6-15-11;/h4-5,7,11,15H,2-3,6,8H2,1H3,(H,16,17);1H. The zero-order chi connectivity index (χ0) is 12.3. The molecule has 0 bridgehead atoms. The largest absolute Gasteiger partial charge is 0.326 e. The minimum atomic E-state index is -0.280. The summed E-state index contributed by atoms with van der Waals surface area (Å²) in [4.78, 5) is 11.8. The average molecular weight is 273 g/mol. The van der Waals surface area contributed by atoms with Gasteiger partial charge in [0.1, 0.15) is 5.82 Å². The lowest BCUT2D eigenvalue weighted by atomic mass is 10.1. The fourth-order valence-corrected chi connectivity index (χ4v) is 2.12. The summed E-state index contributed by atoms with van der Waals surface area (Å²) in [6, 6.07) is 4.67. The summed E-state index contributed by atoms with van der Waals surface area (Å²) in [5.41, 5.74) is 1.44. The van der Waals surface area contributed by atoms with Crippen LogP contribution in [-0.2, 0) is 4.79 Å². The van der Waals surface area contributed by atoms with Crippen molar-refractivity contribution in [1.82, 2.24) is 5.32 Å². The van der Waals surface area contributed by atoms with Crippen LogP contribution in [0, 0.1) is 12.7 Å². The van der Waals surface area contributed by atoms with Gasteiger partial charge in [-0.15, -0.1) is 12.4 Å². The third kappa shape index (κ3) is 3.96. The number of halogens is 2. The fourth-order valence-electron chi connectivity index (χ4n) is 2.12. The van der Waals surface area contributed by atoms with Crippen molar-refractivity contribution in [3.8, 4) is 0 Å². The lowest BCUT2D eigenvalue weighted by Gasteiger charge is -2.12. The summed E-state index contributed by atoms with van der Waals surface area (Å²) >= 11 is 0. The Morgan fingerprint density at radius 2 is 2.33 bits per heavy atom. The Morgan fingerprint density at radius 3 is 2.94 bits per heavy atom. The van der Waals surface area contributed by atoms with Crippen molar-refractivity contribution in [2.45, 2.75) is 32.2 Å². The number of benzene rings is 1. The van der Waals surface area contributed by atoms with E-state index in [4.69, 9.17) is 0 Å². The summed E-state index contributed by atoms with van der Waals surface area (Å²) in [6.45, 7) is 2.78. The molecule has 1 aromatic rings. The molecule has 1 aromatic carbocycles. The first-order valence-corrected chi connectivity index (χ1v) is 5.94. The average Bonchev–Trinajstić information content (AvgIpc) is 2.75. The number of carbonyl (C=O) groups excluding carboxylic acids is 1. The van der Waals surface area contributed by atoms with Gasteiger partial charge in [0.15, 0.2) is 0 Å². The van der Waals surface area contributed by atoms with E-state index in [0.29, 0.717) is 12.1 Å². The second kappa shape index (κ2) is 6.71. The molecule has 5 heteroatoms. The molecular weight excluding hydrogens is 255 g/mol. The molecule has 0 aliphatic carbocycles. The van der Waals surface area contributed by atoms with Crippen molar-refractivity contribution in [2.75, 3.05) is 11.9 Å². The summed E-state index contributed by atoms with van der Waals surface area (Å²) in [6.07, 6.45) is 2.67. The summed E-state index contributed by atoms with van der Waals surface area (Å²) in [5, 5.41) is 6.09. The molecule has 1 saturated heterocycles. The predicted molar refractivity (Wildman–Crippen MR) is 72.7 cm³/mol. The number of nitrogens with one attached hydrogen (secondary N) is 2. The van der Waals surface area contributed by atoms with Gasteiger partial charge in [0.05, 0.1) is 0 Å². The highest BCUT2D eigenvalue weighted by molar-refractivity contribution is 5.91. The van der Waals surface area contributed by atoms with Crippen LogP contribution in [0.3, 0.4) is 0 Å². The van der Waals surface area contributed by atoms with Crippen molar-refractivity contribution in [2.24, 2.45) is 0 Å². The highest BCUT2D eigenvalue weighted by Gasteiger charge is 2.17. The monoisotopic (exact) mass is 272 g/mol. The number of aryl methyl sites for hydroxylation is 1. The first-order valence-electron chi connectivity index (χ1n) is 5.94. The molecule has 3 nitrogen and oxygen atoms in total.